The lowest BCUT2D eigenvalue weighted by Crippen LogP contribution is -2.49. The standard InChI is InChI=1S/C18H37N5O/c1-7-19-17(21-13-16(24)22-18(4,5)6)20-12-15(14(2)3)23-10-8-9-11-23/h14-15H,7-13H2,1-6H3,(H,22,24)(H2,19,20,21). The maximum Gasteiger partial charge on any atom is 0.242 e. The second-order valence-corrected chi connectivity index (χ2v) is 7.93. The van der Waals surface area contributed by atoms with Crippen molar-refractivity contribution in [1.82, 2.24) is 20.9 Å². The van der Waals surface area contributed by atoms with E-state index in [2.05, 4.69) is 39.7 Å². The second-order valence-electron chi connectivity index (χ2n) is 7.93. The predicted molar refractivity (Wildman–Crippen MR) is 101 cm³/mol. The Morgan fingerprint density at radius 2 is 1.79 bits per heavy atom. The van der Waals surface area contributed by atoms with Gasteiger partial charge < -0.3 is 16.0 Å². The van der Waals surface area contributed by atoms with Crippen LogP contribution in [0.4, 0.5) is 0 Å². The lowest BCUT2D eigenvalue weighted by atomic mass is 10.0. The molecule has 24 heavy (non-hydrogen) atoms. The summed E-state index contributed by atoms with van der Waals surface area (Å²) >= 11 is 0. The summed E-state index contributed by atoms with van der Waals surface area (Å²) in [5.74, 6) is 1.24. The number of carbonyl (C=O) groups is 1. The summed E-state index contributed by atoms with van der Waals surface area (Å²) in [6.07, 6.45) is 2.59. The molecule has 0 spiro atoms. The van der Waals surface area contributed by atoms with Crippen LogP contribution in [0.5, 0.6) is 0 Å². The largest absolute Gasteiger partial charge is 0.357 e. The van der Waals surface area contributed by atoms with Gasteiger partial charge in [0, 0.05) is 24.7 Å². The molecule has 1 atom stereocenters. The van der Waals surface area contributed by atoms with E-state index in [0.717, 1.165) is 13.1 Å². The Hall–Kier alpha value is -1.30. The number of hydrogen-bond donors (Lipinski definition) is 3. The Balaban J connectivity index is 2.57. The quantitative estimate of drug-likeness (QED) is 0.486. The molecule has 0 bridgehead atoms. The zero-order valence-corrected chi connectivity index (χ0v) is 16.4. The van der Waals surface area contributed by atoms with Crippen LogP contribution in [-0.4, -0.2) is 61.1 Å². The van der Waals surface area contributed by atoms with Gasteiger partial charge in [0.15, 0.2) is 5.96 Å². The van der Waals surface area contributed by atoms with Crippen LogP contribution in [0.25, 0.3) is 0 Å². The fourth-order valence-electron chi connectivity index (χ4n) is 3.01. The van der Waals surface area contributed by atoms with Gasteiger partial charge in [0.05, 0.1) is 0 Å². The van der Waals surface area contributed by atoms with Crippen LogP contribution in [0.3, 0.4) is 0 Å². The number of nitrogens with one attached hydrogen (secondary N) is 3. The van der Waals surface area contributed by atoms with Crippen LogP contribution >= 0.6 is 0 Å². The first-order chi connectivity index (χ1) is 11.2. The molecule has 0 aromatic heterocycles. The van der Waals surface area contributed by atoms with Crippen LogP contribution < -0.4 is 16.0 Å². The van der Waals surface area contributed by atoms with Crippen molar-refractivity contribution in [3.8, 4) is 0 Å². The minimum absolute atomic E-state index is 0.0559. The summed E-state index contributed by atoms with van der Waals surface area (Å²) < 4.78 is 0. The van der Waals surface area contributed by atoms with Crippen molar-refractivity contribution in [2.75, 3.05) is 32.7 Å². The Bertz CT molecular complexity index is 408. The van der Waals surface area contributed by atoms with E-state index in [1.165, 1.54) is 25.9 Å². The smallest absolute Gasteiger partial charge is 0.242 e. The SMILES string of the molecule is CCNC(=NCC(=O)NC(C)(C)C)NCC(C(C)C)N1CCCC1. The third-order valence-electron chi connectivity index (χ3n) is 4.10. The molecule has 1 unspecified atom stereocenters. The summed E-state index contributed by atoms with van der Waals surface area (Å²) in [6.45, 7) is 16.6. The third kappa shape index (κ3) is 7.99. The fraction of sp³-hybridized carbons (Fsp3) is 0.889. The summed E-state index contributed by atoms with van der Waals surface area (Å²) in [5.41, 5.74) is -0.225. The number of rotatable bonds is 7. The maximum atomic E-state index is 11.9. The van der Waals surface area contributed by atoms with E-state index in [1.54, 1.807) is 0 Å². The first-order valence-corrected chi connectivity index (χ1v) is 9.30. The maximum absolute atomic E-state index is 11.9. The molecule has 1 fully saturated rings. The molecule has 0 radical (unpaired) electrons. The average molecular weight is 340 g/mol. The molecule has 140 valence electrons. The molecular weight excluding hydrogens is 302 g/mol. The van der Waals surface area contributed by atoms with Crippen molar-refractivity contribution >= 4 is 11.9 Å². The summed E-state index contributed by atoms with van der Waals surface area (Å²) in [4.78, 5) is 18.9. The lowest BCUT2D eigenvalue weighted by Gasteiger charge is -2.31. The van der Waals surface area contributed by atoms with Crippen molar-refractivity contribution in [2.24, 2.45) is 10.9 Å². The molecule has 1 aliphatic heterocycles. The van der Waals surface area contributed by atoms with Gasteiger partial charge in [-0.1, -0.05) is 13.8 Å². The highest BCUT2D eigenvalue weighted by atomic mass is 16.2. The number of amides is 1. The van der Waals surface area contributed by atoms with Gasteiger partial charge in [-0.25, -0.2) is 4.99 Å². The summed E-state index contributed by atoms with van der Waals surface area (Å²) in [6, 6.07) is 0.500. The lowest BCUT2D eigenvalue weighted by molar-refractivity contribution is -0.121. The Morgan fingerprint density at radius 3 is 2.29 bits per heavy atom. The van der Waals surface area contributed by atoms with Crippen molar-refractivity contribution < 1.29 is 4.79 Å². The minimum atomic E-state index is -0.225. The van der Waals surface area contributed by atoms with E-state index in [-0.39, 0.29) is 18.0 Å². The predicted octanol–water partition coefficient (Wildman–Crippen LogP) is 1.58. The van der Waals surface area contributed by atoms with Gasteiger partial charge in [-0.05, 0) is 59.5 Å². The molecule has 6 heteroatoms. The van der Waals surface area contributed by atoms with E-state index in [4.69, 9.17) is 0 Å². The minimum Gasteiger partial charge on any atom is -0.357 e. The van der Waals surface area contributed by atoms with Gasteiger partial charge in [-0.2, -0.15) is 0 Å². The molecule has 1 saturated heterocycles. The number of likely N-dealkylation sites (tertiary alicyclic amines) is 1. The van der Waals surface area contributed by atoms with E-state index >= 15 is 0 Å². The third-order valence-corrected chi connectivity index (χ3v) is 4.10. The number of hydrogen-bond acceptors (Lipinski definition) is 3. The van der Waals surface area contributed by atoms with Crippen molar-refractivity contribution in [1.29, 1.82) is 0 Å². The summed E-state index contributed by atoms with van der Waals surface area (Å²) in [7, 11) is 0. The molecule has 3 N–H and O–H groups in total. The Morgan fingerprint density at radius 1 is 1.17 bits per heavy atom. The fourth-order valence-corrected chi connectivity index (χ4v) is 3.01. The first-order valence-electron chi connectivity index (χ1n) is 9.30. The molecule has 1 amide bonds. The topological polar surface area (TPSA) is 68.8 Å². The highest BCUT2D eigenvalue weighted by Crippen LogP contribution is 2.17. The average Bonchev–Trinajstić information content (AvgIpc) is 2.96. The van der Waals surface area contributed by atoms with Crippen LogP contribution in [0.15, 0.2) is 4.99 Å². The van der Waals surface area contributed by atoms with Gasteiger partial charge in [-0.3, -0.25) is 9.69 Å². The molecule has 1 rings (SSSR count). The molecule has 1 heterocycles. The molecule has 1 aliphatic rings. The number of carbonyl (C=O) groups excluding carboxylic acids is 1. The molecular formula is C18H37N5O. The zero-order chi connectivity index (χ0) is 18.2. The van der Waals surface area contributed by atoms with Crippen molar-refractivity contribution in [3.63, 3.8) is 0 Å². The van der Waals surface area contributed by atoms with E-state index in [9.17, 15) is 4.79 Å². The highest BCUT2D eigenvalue weighted by Gasteiger charge is 2.24. The molecule has 0 aromatic carbocycles. The highest BCUT2D eigenvalue weighted by molar-refractivity contribution is 5.85. The molecule has 0 saturated carbocycles. The Labute approximate surface area is 147 Å². The monoisotopic (exact) mass is 339 g/mol. The molecule has 6 nitrogen and oxygen atoms in total. The van der Waals surface area contributed by atoms with E-state index in [1.807, 2.05) is 27.7 Å². The van der Waals surface area contributed by atoms with Gasteiger partial charge >= 0.3 is 0 Å². The first kappa shape index (κ1) is 20.7. The van der Waals surface area contributed by atoms with Crippen molar-refractivity contribution in [3.05, 3.63) is 0 Å². The molecule has 0 aromatic rings. The second kappa shape index (κ2) is 9.87. The van der Waals surface area contributed by atoms with Crippen LogP contribution in [0, 0.1) is 5.92 Å². The number of nitrogens with zero attached hydrogens (tertiary/aromatic N) is 2. The van der Waals surface area contributed by atoms with Gasteiger partial charge in [0.2, 0.25) is 5.91 Å². The van der Waals surface area contributed by atoms with Gasteiger partial charge in [0.25, 0.3) is 0 Å². The zero-order valence-electron chi connectivity index (χ0n) is 16.4. The normalized spacial score (nSPS) is 17.9. The van der Waals surface area contributed by atoms with Crippen LogP contribution in [-0.2, 0) is 4.79 Å². The van der Waals surface area contributed by atoms with Gasteiger partial charge in [-0.15, -0.1) is 0 Å². The molecule has 0 aliphatic carbocycles. The summed E-state index contributed by atoms with van der Waals surface area (Å²) in [5, 5.41) is 9.58. The van der Waals surface area contributed by atoms with Crippen molar-refractivity contribution in [2.45, 2.75) is 66.0 Å². The van der Waals surface area contributed by atoms with Crippen LogP contribution in [0.2, 0.25) is 0 Å². The van der Waals surface area contributed by atoms with Crippen LogP contribution in [0.1, 0.15) is 54.4 Å². The number of aliphatic imine (C=N–C) groups is 1. The van der Waals surface area contributed by atoms with E-state index < -0.39 is 0 Å². The van der Waals surface area contributed by atoms with E-state index in [0.29, 0.717) is 17.9 Å². The van der Waals surface area contributed by atoms with Gasteiger partial charge in [0.1, 0.15) is 6.54 Å². The number of guanidine groups is 1. The Kier molecular flexibility index (Phi) is 8.53.